The Morgan fingerprint density at radius 3 is 2.14 bits per heavy atom. The average molecular weight is 304 g/mol. The molecule has 0 spiro atoms. The molecule has 124 valence electrons. The van der Waals surface area contributed by atoms with Gasteiger partial charge in [-0.05, 0) is 62.8 Å². The summed E-state index contributed by atoms with van der Waals surface area (Å²) < 4.78 is 14.1. The van der Waals surface area contributed by atoms with E-state index in [4.69, 9.17) is 0 Å². The first-order chi connectivity index (χ1) is 10.5. The maximum atomic E-state index is 14.1. The van der Waals surface area contributed by atoms with Crippen LogP contribution in [0.25, 0.3) is 0 Å². The van der Waals surface area contributed by atoms with Crippen LogP contribution >= 0.6 is 0 Å². The van der Waals surface area contributed by atoms with Crippen LogP contribution in [0.5, 0.6) is 0 Å². The molecule has 1 heteroatoms. The lowest BCUT2D eigenvalue weighted by Gasteiger charge is -2.31. The molecule has 1 fully saturated rings. The third-order valence-corrected chi connectivity index (χ3v) is 5.86. The van der Waals surface area contributed by atoms with Gasteiger partial charge in [0.2, 0.25) is 0 Å². The molecule has 3 unspecified atom stereocenters. The minimum Gasteiger partial charge on any atom is -0.247 e. The molecule has 1 aliphatic carbocycles. The molecule has 0 heterocycles. The summed E-state index contributed by atoms with van der Waals surface area (Å²) in [5.41, 5.74) is 2.42. The molecular weight excluding hydrogens is 271 g/mol. The molecule has 0 amide bonds. The molecule has 1 aromatic carbocycles. The monoisotopic (exact) mass is 304 g/mol. The van der Waals surface area contributed by atoms with Gasteiger partial charge in [-0.1, -0.05) is 56.5 Å². The number of aryl methyl sites for hydroxylation is 1. The first kappa shape index (κ1) is 17.5. The van der Waals surface area contributed by atoms with Crippen LogP contribution in [-0.4, -0.2) is 6.17 Å². The van der Waals surface area contributed by atoms with Gasteiger partial charge < -0.3 is 0 Å². The van der Waals surface area contributed by atoms with Crippen LogP contribution in [0, 0.1) is 24.7 Å². The van der Waals surface area contributed by atoms with E-state index in [-0.39, 0.29) is 5.92 Å². The predicted octanol–water partition coefficient (Wildman–Crippen LogP) is 6.68. The lowest BCUT2D eigenvalue weighted by Crippen LogP contribution is -2.20. The van der Waals surface area contributed by atoms with Gasteiger partial charge in [-0.15, -0.1) is 0 Å². The van der Waals surface area contributed by atoms with Gasteiger partial charge in [0.25, 0.3) is 0 Å². The summed E-state index contributed by atoms with van der Waals surface area (Å²) in [6.45, 7) is 8.57. The summed E-state index contributed by atoms with van der Waals surface area (Å²) in [7, 11) is 0. The van der Waals surface area contributed by atoms with Crippen molar-refractivity contribution in [1.82, 2.24) is 0 Å². The van der Waals surface area contributed by atoms with Crippen LogP contribution < -0.4 is 0 Å². The quantitative estimate of drug-likeness (QED) is 0.550. The molecule has 1 saturated carbocycles. The maximum absolute atomic E-state index is 14.1. The van der Waals surface area contributed by atoms with Crippen molar-refractivity contribution in [2.45, 2.75) is 78.3 Å². The number of rotatable bonds is 6. The van der Waals surface area contributed by atoms with E-state index in [0.29, 0.717) is 0 Å². The van der Waals surface area contributed by atoms with Crippen LogP contribution in [0.2, 0.25) is 0 Å². The van der Waals surface area contributed by atoms with Crippen molar-refractivity contribution < 1.29 is 4.39 Å². The zero-order valence-corrected chi connectivity index (χ0v) is 14.8. The smallest absolute Gasteiger partial charge is 0.104 e. The van der Waals surface area contributed by atoms with Gasteiger partial charge in [0.1, 0.15) is 6.17 Å². The molecule has 0 bridgehead atoms. The first-order valence-corrected chi connectivity index (χ1v) is 9.18. The van der Waals surface area contributed by atoms with Crippen LogP contribution in [-0.2, 0) is 0 Å². The van der Waals surface area contributed by atoms with Gasteiger partial charge in [0.05, 0.1) is 0 Å². The molecule has 0 radical (unpaired) electrons. The summed E-state index contributed by atoms with van der Waals surface area (Å²) in [5.74, 6) is 2.57. The molecule has 0 aliphatic heterocycles. The third kappa shape index (κ3) is 4.83. The minimum atomic E-state index is -0.763. The molecule has 0 saturated heterocycles. The van der Waals surface area contributed by atoms with Crippen molar-refractivity contribution in [3.63, 3.8) is 0 Å². The number of hydrogen-bond donors (Lipinski definition) is 0. The van der Waals surface area contributed by atoms with Crippen LogP contribution in [0.15, 0.2) is 24.3 Å². The molecular formula is C21H33F. The van der Waals surface area contributed by atoms with E-state index in [1.54, 1.807) is 6.92 Å². The van der Waals surface area contributed by atoms with E-state index in [1.165, 1.54) is 36.8 Å². The van der Waals surface area contributed by atoms with Crippen molar-refractivity contribution in [3.05, 3.63) is 35.4 Å². The topological polar surface area (TPSA) is 0 Å². The predicted molar refractivity (Wildman–Crippen MR) is 94.0 cm³/mol. The summed E-state index contributed by atoms with van der Waals surface area (Å²) in [6, 6.07) is 8.44. The summed E-state index contributed by atoms with van der Waals surface area (Å²) in [6.07, 6.45) is 6.90. The highest BCUT2D eigenvalue weighted by Crippen LogP contribution is 2.37. The third-order valence-electron chi connectivity index (χ3n) is 5.86. The van der Waals surface area contributed by atoms with E-state index in [9.17, 15) is 4.39 Å². The number of hydrogen-bond acceptors (Lipinski definition) is 0. The molecule has 0 N–H and O–H groups in total. The van der Waals surface area contributed by atoms with Crippen LogP contribution in [0.1, 0.15) is 76.3 Å². The highest BCUT2D eigenvalue weighted by atomic mass is 19.1. The second-order valence-electron chi connectivity index (χ2n) is 7.77. The number of benzene rings is 1. The Labute approximate surface area is 136 Å². The maximum Gasteiger partial charge on any atom is 0.104 e. The standard InChI is InChI=1S/C21H33F/c1-15-5-10-19(11-6-15)17(3)9-14-21(18(4)22)20-12-7-16(2)8-13-20/h7-8,12-13,15,17-19,21H,5-6,9-11,14H2,1-4H3. The van der Waals surface area contributed by atoms with Gasteiger partial charge in [-0.25, -0.2) is 4.39 Å². The van der Waals surface area contributed by atoms with Crippen LogP contribution in [0.3, 0.4) is 0 Å². The molecule has 0 aromatic heterocycles. The van der Waals surface area contributed by atoms with Crippen molar-refractivity contribution in [1.29, 1.82) is 0 Å². The zero-order valence-electron chi connectivity index (χ0n) is 14.8. The van der Waals surface area contributed by atoms with Crippen LogP contribution in [0.4, 0.5) is 4.39 Å². The first-order valence-electron chi connectivity index (χ1n) is 9.18. The van der Waals surface area contributed by atoms with E-state index in [1.807, 2.05) is 0 Å². The van der Waals surface area contributed by atoms with Crippen molar-refractivity contribution in [2.75, 3.05) is 0 Å². The van der Waals surface area contributed by atoms with Gasteiger partial charge in [0, 0.05) is 5.92 Å². The highest BCUT2D eigenvalue weighted by molar-refractivity contribution is 5.25. The van der Waals surface area contributed by atoms with Crippen molar-refractivity contribution >= 4 is 0 Å². The fourth-order valence-corrected chi connectivity index (χ4v) is 4.01. The Kier molecular flexibility index (Phi) is 6.47. The number of halogens is 1. The van der Waals surface area contributed by atoms with Gasteiger partial charge in [0.15, 0.2) is 0 Å². The zero-order chi connectivity index (χ0) is 16.1. The minimum absolute atomic E-state index is 0.0607. The van der Waals surface area contributed by atoms with E-state index < -0.39 is 6.17 Å². The Balaban J connectivity index is 1.90. The molecule has 1 aromatic rings. The Morgan fingerprint density at radius 2 is 1.59 bits per heavy atom. The average Bonchev–Trinajstić information content (AvgIpc) is 2.49. The SMILES string of the molecule is Cc1ccc(C(CCC(C)C2CCC(C)CC2)C(C)F)cc1. The highest BCUT2D eigenvalue weighted by Gasteiger charge is 2.25. The normalized spacial score (nSPS) is 26.4. The van der Waals surface area contributed by atoms with Gasteiger partial charge in [-0.2, -0.15) is 0 Å². The number of alkyl halides is 1. The van der Waals surface area contributed by atoms with Crippen molar-refractivity contribution in [3.8, 4) is 0 Å². The van der Waals surface area contributed by atoms with E-state index >= 15 is 0 Å². The summed E-state index contributed by atoms with van der Waals surface area (Å²) in [5, 5.41) is 0. The fourth-order valence-electron chi connectivity index (χ4n) is 4.01. The van der Waals surface area contributed by atoms with E-state index in [0.717, 1.165) is 30.6 Å². The summed E-state index contributed by atoms with van der Waals surface area (Å²) >= 11 is 0. The lowest BCUT2D eigenvalue weighted by molar-refractivity contribution is 0.201. The molecule has 22 heavy (non-hydrogen) atoms. The molecule has 1 aliphatic rings. The Hall–Kier alpha value is -0.850. The fraction of sp³-hybridized carbons (Fsp3) is 0.714. The van der Waals surface area contributed by atoms with Crippen molar-refractivity contribution in [2.24, 2.45) is 17.8 Å². The second-order valence-corrected chi connectivity index (χ2v) is 7.77. The Morgan fingerprint density at radius 1 is 1.00 bits per heavy atom. The molecule has 0 nitrogen and oxygen atoms in total. The lowest BCUT2D eigenvalue weighted by atomic mass is 9.74. The molecule has 2 rings (SSSR count). The molecule has 3 atom stereocenters. The Bertz CT molecular complexity index is 426. The van der Waals surface area contributed by atoms with Gasteiger partial charge in [-0.3, -0.25) is 0 Å². The largest absolute Gasteiger partial charge is 0.247 e. The van der Waals surface area contributed by atoms with Gasteiger partial charge >= 0.3 is 0 Å². The summed E-state index contributed by atoms with van der Waals surface area (Å²) in [4.78, 5) is 0. The second kappa shape index (κ2) is 8.13. The van der Waals surface area contributed by atoms with E-state index in [2.05, 4.69) is 45.0 Å².